The lowest BCUT2D eigenvalue weighted by molar-refractivity contribution is -0.386. The molecular formula is C15H23N2O4Si. The van der Waals surface area contributed by atoms with E-state index in [4.69, 9.17) is 9.47 Å². The first-order chi connectivity index (χ1) is 10.2. The minimum Gasteiger partial charge on any atom is -0.482 e. The molecule has 1 radical (unpaired) electrons. The molecule has 0 aromatic carbocycles. The van der Waals surface area contributed by atoms with E-state index in [1.807, 2.05) is 0 Å². The Morgan fingerprint density at radius 3 is 2.73 bits per heavy atom. The Hall–Kier alpha value is -1.73. The van der Waals surface area contributed by atoms with Gasteiger partial charge in [0.2, 0.25) is 5.75 Å². The summed E-state index contributed by atoms with van der Waals surface area (Å²) < 4.78 is 10.8. The maximum absolute atomic E-state index is 11.3. The van der Waals surface area contributed by atoms with Gasteiger partial charge < -0.3 is 9.47 Å². The quantitative estimate of drug-likeness (QED) is 0.227. The molecule has 1 aromatic heterocycles. The predicted molar refractivity (Wildman–Crippen MR) is 88.7 cm³/mol. The zero-order valence-electron chi connectivity index (χ0n) is 13.6. The Morgan fingerprint density at radius 1 is 1.50 bits per heavy atom. The van der Waals surface area contributed by atoms with E-state index in [0.717, 1.165) is 11.6 Å². The smallest absolute Gasteiger partial charge is 0.335 e. The fourth-order valence-corrected chi connectivity index (χ4v) is 2.27. The number of pyridine rings is 1. The molecule has 0 aliphatic carbocycles. The highest BCUT2D eigenvalue weighted by Crippen LogP contribution is 2.30. The Balaban J connectivity index is 2.79. The zero-order chi connectivity index (χ0) is 16.8. The average Bonchev–Trinajstić information content (AvgIpc) is 2.40. The van der Waals surface area contributed by atoms with Gasteiger partial charge in [0.15, 0.2) is 5.69 Å². The predicted octanol–water partition coefficient (Wildman–Crippen LogP) is 3.81. The fraction of sp³-hybridized carbons (Fsp3) is 0.467. The van der Waals surface area contributed by atoms with Crippen LogP contribution in [0.5, 0.6) is 5.75 Å². The minimum absolute atomic E-state index is 0.166. The maximum atomic E-state index is 11.3. The molecule has 0 unspecified atom stereocenters. The molecule has 0 saturated carbocycles. The van der Waals surface area contributed by atoms with Gasteiger partial charge in [-0.3, -0.25) is 15.1 Å². The maximum Gasteiger partial charge on any atom is 0.335 e. The summed E-state index contributed by atoms with van der Waals surface area (Å²) >= 11 is 0. The van der Waals surface area contributed by atoms with Gasteiger partial charge in [-0.15, -0.1) is 0 Å². The van der Waals surface area contributed by atoms with Crippen LogP contribution in [0.15, 0.2) is 24.4 Å². The molecule has 0 aliphatic rings. The number of rotatable bonds is 9. The van der Waals surface area contributed by atoms with Crippen LogP contribution < -0.4 is 4.74 Å². The van der Waals surface area contributed by atoms with Crippen LogP contribution in [0.25, 0.3) is 0 Å². The van der Waals surface area contributed by atoms with E-state index >= 15 is 0 Å². The summed E-state index contributed by atoms with van der Waals surface area (Å²) in [5.74, 6) is 0.169. The van der Waals surface area contributed by atoms with Gasteiger partial charge in [0.25, 0.3) is 0 Å². The Kier molecular flexibility index (Phi) is 6.70. The molecule has 0 N–H and O–H groups in total. The molecule has 0 fully saturated rings. The second-order valence-corrected chi connectivity index (χ2v) is 12.0. The van der Waals surface area contributed by atoms with E-state index in [9.17, 15) is 10.1 Å². The van der Waals surface area contributed by atoms with Crippen molar-refractivity contribution in [2.45, 2.75) is 32.6 Å². The zero-order valence-corrected chi connectivity index (χ0v) is 14.6. The number of nitro groups is 1. The normalized spacial score (nSPS) is 11.3. The van der Waals surface area contributed by atoms with E-state index in [1.54, 1.807) is 6.92 Å². The van der Waals surface area contributed by atoms with Crippen molar-refractivity contribution >= 4 is 13.8 Å². The molecule has 7 heteroatoms. The third-order valence-electron chi connectivity index (χ3n) is 2.74. The summed E-state index contributed by atoms with van der Waals surface area (Å²) in [4.78, 5) is 14.8. The first-order valence-electron chi connectivity index (χ1n) is 7.06. The highest BCUT2D eigenvalue weighted by atomic mass is 28.3. The number of ether oxygens (including phenoxy) is 2. The highest BCUT2D eigenvalue weighted by molar-refractivity contribution is 6.76. The molecule has 22 heavy (non-hydrogen) atoms. The number of nitrogens with zero attached hydrogens (tertiary/aromatic N) is 2. The molecule has 1 rings (SSSR count). The number of hydrogen-bond acceptors (Lipinski definition) is 5. The van der Waals surface area contributed by atoms with E-state index in [1.165, 1.54) is 18.9 Å². The summed E-state index contributed by atoms with van der Waals surface area (Å²) in [6, 6.07) is 2.45. The van der Waals surface area contributed by atoms with E-state index in [-0.39, 0.29) is 23.7 Å². The second-order valence-electron chi connectivity index (χ2n) is 6.35. The van der Waals surface area contributed by atoms with Crippen molar-refractivity contribution in [1.29, 1.82) is 0 Å². The molecule has 0 saturated heterocycles. The number of hydrogen-bond donors (Lipinski definition) is 0. The van der Waals surface area contributed by atoms with E-state index in [0.29, 0.717) is 6.61 Å². The van der Waals surface area contributed by atoms with Crippen LogP contribution in [0.4, 0.5) is 5.69 Å². The highest BCUT2D eigenvalue weighted by Gasteiger charge is 2.23. The lowest BCUT2D eigenvalue weighted by Crippen LogP contribution is -2.21. The monoisotopic (exact) mass is 323 g/mol. The Morgan fingerprint density at radius 2 is 2.18 bits per heavy atom. The fourth-order valence-electron chi connectivity index (χ4n) is 1.54. The number of aromatic nitrogens is 1. The van der Waals surface area contributed by atoms with Crippen LogP contribution in [0, 0.1) is 16.7 Å². The van der Waals surface area contributed by atoms with Crippen molar-refractivity contribution in [3.63, 3.8) is 0 Å². The first-order valence-corrected chi connectivity index (χ1v) is 10.8. The van der Waals surface area contributed by atoms with Crippen LogP contribution >= 0.6 is 0 Å². The minimum atomic E-state index is -1.20. The third-order valence-corrected chi connectivity index (χ3v) is 4.44. The molecule has 1 aromatic rings. The molecule has 1 heterocycles. The van der Waals surface area contributed by atoms with Gasteiger partial charge in [-0.1, -0.05) is 26.2 Å². The van der Waals surface area contributed by atoms with Gasteiger partial charge >= 0.3 is 5.69 Å². The van der Waals surface area contributed by atoms with Crippen molar-refractivity contribution in [3.05, 3.63) is 46.8 Å². The molecule has 6 nitrogen and oxygen atoms in total. The van der Waals surface area contributed by atoms with Gasteiger partial charge in [0, 0.05) is 26.9 Å². The molecule has 0 aliphatic heterocycles. The summed E-state index contributed by atoms with van der Waals surface area (Å²) in [5.41, 5.74) is 0.763. The van der Waals surface area contributed by atoms with Gasteiger partial charge in [-0.05, 0) is 18.5 Å². The SMILES string of the molecule is C=C(C)COc1ccnc([CH]OCC[Si](C)(C)C)c1[N+](=O)[O-]. The molecule has 0 amide bonds. The van der Waals surface area contributed by atoms with Crippen LogP contribution in [0.2, 0.25) is 25.7 Å². The van der Waals surface area contributed by atoms with Gasteiger partial charge in [0.1, 0.15) is 13.2 Å². The summed E-state index contributed by atoms with van der Waals surface area (Å²) in [5, 5.41) is 11.3. The van der Waals surface area contributed by atoms with Crippen LogP contribution in [-0.2, 0) is 4.74 Å². The lowest BCUT2D eigenvalue weighted by Gasteiger charge is -2.15. The van der Waals surface area contributed by atoms with Gasteiger partial charge in [-0.25, -0.2) is 0 Å². The topological polar surface area (TPSA) is 74.5 Å². The van der Waals surface area contributed by atoms with Crippen LogP contribution in [0.3, 0.4) is 0 Å². The summed E-state index contributed by atoms with van der Waals surface area (Å²) in [6.45, 7) is 14.3. The van der Waals surface area contributed by atoms with E-state index < -0.39 is 13.0 Å². The first kappa shape index (κ1) is 18.3. The Bertz CT molecular complexity index is 541. The lowest BCUT2D eigenvalue weighted by atomic mass is 10.3. The summed E-state index contributed by atoms with van der Waals surface area (Å²) in [6.07, 6.45) is 1.47. The molecular weight excluding hydrogens is 300 g/mol. The van der Waals surface area contributed by atoms with Crippen molar-refractivity contribution in [1.82, 2.24) is 4.98 Å². The second kappa shape index (κ2) is 8.05. The average molecular weight is 323 g/mol. The van der Waals surface area contributed by atoms with Crippen LogP contribution in [-0.4, -0.2) is 31.2 Å². The summed E-state index contributed by atoms with van der Waals surface area (Å²) in [7, 11) is -1.20. The van der Waals surface area contributed by atoms with Gasteiger partial charge in [-0.2, -0.15) is 0 Å². The molecule has 121 valence electrons. The van der Waals surface area contributed by atoms with Crippen molar-refractivity contribution in [2.75, 3.05) is 13.2 Å². The van der Waals surface area contributed by atoms with Crippen molar-refractivity contribution in [3.8, 4) is 5.75 Å². The third kappa shape index (κ3) is 6.36. The van der Waals surface area contributed by atoms with Crippen LogP contribution in [0.1, 0.15) is 12.6 Å². The van der Waals surface area contributed by atoms with Gasteiger partial charge in [0.05, 0.1) is 4.92 Å². The Labute approximate surface area is 132 Å². The molecule has 0 bridgehead atoms. The largest absolute Gasteiger partial charge is 0.482 e. The standard InChI is InChI=1S/C15H23N2O4Si/c1-12(2)10-21-14-6-7-16-13(15(14)17(18)19)11-20-8-9-22(3,4)5/h6-7,11H,1,8-10H2,2-5H3. The van der Waals surface area contributed by atoms with E-state index in [2.05, 4.69) is 31.2 Å². The molecule has 0 atom stereocenters. The molecule has 0 spiro atoms. The van der Waals surface area contributed by atoms with Crippen molar-refractivity contribution < 1.29 is 14.4 Å². The van der Waals surface area contributed by atoms with Crippen molar-refractivity contribution in [2.24, 2.45) is 0 Å².